The number of rotatable bonds is 11. The van der Waals surface area contributed by atoms with E-state index in [1.54, 1.807) is 18.2 Å². The lowest BCUT2D eigenvalue weighted by Gasteiger charge is -2.14. The van der Waals surface area contributed by atoms with Crippen LogP contribution in [0.4, 0.5) is 10.5 Å². The van der Waals surface area contributed by atoms with E-state index < -0.39 is 12.3 Å². The molecule has 0 bridgehead atoms. The van der Waals surface area contributed by atoms with Crippen LogP contribution >= 0.6 is 0 Å². The van der Waals surface area contributed by atoms with Gasteiger partial charge in [-0.15, -0.1) is 0 Å². The van der Waals surface area contributed by atoms with E-state index in [0.717, 1.165) is 22.6 Å². The Labute approximate surface area is 181 Å². The van der Waals surface area contributed by atoms with Crippen molar-refractivity contribution in [3.8, 4) is 22.6 Å². The van der Waals surface area contributed by atoms with Crippen LogP contribution in [0.15, 0.2) is 78.9 Å². The lowest BCUT2D eigenvalue weighted by Crippen LogP contribution is -2.34. The molecule has 0 aliphatic carbocycles. The highest BCUT2D eigenvalue weighted by molar-refractivity contribution is 5.70. The van der Waals surface area contributed by atoms with Gasteiger partial charge in [0.25, 0.3) is 0 Å². The standard InChI is InChI=1S/C24H26N2O5/c27-21(17-30-22-9-2-1-3-10-22)16-25-12-13-26-20-8-4-6-18(14-20)19-7-5-11-23(15-19)31-24(28)29/h1-11,14-15,21,25-27H,12-13,16-17H2,(H,28,29)/t21-/m1/s1. The first-order valence-electron chi connectivity index (χ1n) is 10.0. The number of carbonyl (C=O) groups is 1. The average Bonchev–Trinajstić information content (AvgIpc) is 2.78. The van der Waals surface area contributed by atoms with E-state index in [0.29, 0.717) is 19.6 Å². The molecule has 3 aromatic carbocycles. The zero-order valence-corrected chi connectivity index (χ0v) is 17.0. The first-order valence-corrected chi connectivity index (χ1v) is 10.0. The highest BCUT2D eigenvalue weighted by Gasteiger charge is 2.06. The number of carboxylic acid groups (broad SMARTS) is 1. The molecular formula is C24H26N2O5. The summed E-state index contributed by atoms with van der Waals surface area (Å²) in [6.45, 7) is 2.02. The molecule has 3 aromatic rings. The first-order chi connectivity index (χ1) is 15.1. The Morgan fingerprint density at radius 1 is 0.871 bits per heavy atom. The summed E-state index contributed by atoms with van der Waals surface area (Å²) in [6, 6.07) is 24.2. The molecule has 0 saturated heterocycles. The predicted molar refractivity (Wildman–Crippen MR) is 120 cm³/mol. The molecule has 0 radical (unpaired) electrons. The third-order valence-electron chi connectivity index (χ3n) is 4.43. The Balaban J connectivity index is 1.41. The van der Waals surface area contributed by atoms with Crippen molar-refractivity contribution < 1.29 is 24.5 Å². The molecule has 0 amide bonds. The molecule has 0 fully saturated rings. The van der Waals surface area contributed by atoms with E-state index in [2.05, 4.69) is 10.6 Å². The fourth-order valence-corrected chi connectivity index (χ4v) is 2.98. The van der Waals surface area contributed by atoms with Gasteiger partial charge in [-0.2, -0.15) is 0 Å². The van der Waals surface area contributed by atoms with Crippen molar-refractivity contribution in [2.45, 2.75) is 6.10 Å². The fraction of sp³-hybridized carbons (Fsp3) is 0.208. The molecule has 0 aliphatic heterocycles. The molecule has 0 spiro atoms. The van der Waals surface area contributed by atoms with Gasteiger partial charge in [-0.1, -0.05) is 42.5 Å². The highest BCUT2D eigenvalue weighted by Crippen LogP contribution is 2.26. The number of para-hydroxylation sites is 1. The molecule has 7 heteroatoms. The average molecular weight is 422 g/mol. The summed E-state index contributed by atoms with van der Waals surface area (Å²) in [5.41, 5.74) is 2.75. The highest BCUT2D eigenvalue weighted by atomic mass is 16.7. The van der Waals surface area contributed by atoms with Crippen LogP contribution < -0.4 is 20.1 Å². The number of anilines is 1. The predicted octanol–water partition coefficient (Wildman–Crippen LogP) is 3.85. The maximum atomic E-state index is 10.7. The molecule has 0 unspecified atom stereocenters. The third-order valence-corrected chi connectivity index (χ3v) is 4.43. The van der Waals surface area contributed by atoms with Crippen LogP contribution in [0.25, 0.3) is 11.1 Å². The molecule has 4 N–H and O–H groups in total. The Morgan fingerprint density at radius 3 is 2.35 bits per heavy atom. The van der Waals surface area contributed by atoms with E-state index in [4.69, 9.17) is 14.6 Å². The van der Waals surface area contributed by atoms with Crippen molar-refractivity contribution in [1.29, 1.82) is 0 Å². The minimum absolute atomic E-state index is 0.233. The van der Waals surface area contributed by atoms with Crippen LogP contribution in [-0.4, -0.2) is 48.7 Å². The van der Waals surface area contributed by atoms with Gasteiger partial charge in [0.1, 0.15) is 24.2 Å². The van der Waals surface area contributed by atoms with Gasteiger partial charge in [0, 0.05) is 25.3 Å². The molecule has 162 valence electrons. The monoisotopic (exact) mass is 422 g/mol. The molecular weight excluding hydrogens is 396 g/mol. The first kappa shape index (κ1) is 22.1. The second kappa shape index (κ2) is 11.6. The van der Waals surface area contributed by atoms with E-state index in [-0.39, 0.29) is 12.4 Å². The van der Waals surface area contributed by atoms with E-state index in [1.165, 1.54) is 0 Å². The van der Waals surface area contributed by atoms with Gasteiger partial charge in [0.05, 0.1) is 0 Å². The lowest BCUT2D eigenvalue weighted by molar-refractivity contribution is 0.107. The number of aliphatic hydroxyl groups excluding tert-OH is 1. The van der Waals surface area contributed by atoms with Crippen molar-refractivity contribution >= 4 is 11.8 Å². The number of aliphatic hydroxyl groups is 1. The van der Waals surface area contributed by atoms with Crippen molar-refractivity contribution in [1.82, 2.24) is 5.32 Å². The Kier molecular flexibility index (Phi) is 8.28. The van der Waals surface area contributed by atoms with Crippen molar-refractivity contribution in [2.24, 2.45) is 0 Å². The number of hydrogen-bond donors (Lipinski definition) is 4. The van der Waals surface area contributed by atoms with Crippen LogP contribution in [0.5, 0.6) is 11.5 Å². The summed E-state index contributed by atoms with van der Waals surface area (Å²) in [6.07, 6.45) is -1.93. The number of ether oxygens (including phenoxy) is 2. The summed E-state index contributed by atoms with van der Waals surface area (Å²) in [4.78, 5) is 10.7. The number of nitrogens with one attached hydrogen (secondary N) is 2. The van der Waals surface area contributed by atoms with Gasteiger partial charge in [-0.3, -0.25) is 0 Å². The van der Waals surface area contributed by atoms with Crippen LogP contribution in [-0.2, 0) is 0 Å². The summed E-state index contributed by atoms with van der Waals surface area (Å²) in [5, 5.41) is 25.3. The Hall–Kier alpha value is -3.55. The van der Waals surface area contributed by atoms with Gasteiger partial charge >= 0.3 is 6.16 Å². The second-order valence-corrected chi connectivity index (χ2v) is 6.89. The number of hydrogen-bond acceptors (Lipinski definition) is 6. The quantitative estimate of drug-likeness (QED) is 0.212. The minimum Gasteiger partial charge on any atom is -0.491 e. The third kappa shape index (κ3) is 7.65. The van der Waals surface area contributed by atoms with Crippen molar-refractivity contribution in [3.63, 3.8) is 0 Å². The van der Waals surface area contributed by atoms with E-state index in [1.807, 2.05) is 60.7 Å². The molecule has 0 saturated carbocycles. The normalized spacial score (nSPS) is 11.5. The summed E-state index contributed by atoms with van der Waals surface area (Å²) in [7, 11) is 0. The largest absolute Gasteiger partial charge is 0.511 e. The van der Waals surface area contributed by atoms with Crippen molar-refractivity contribution in [2.75, 3.05) is 31.6 Å². The molecule has 0 aliphatic rings. The summed E-state index contributed by atoms with van der Waals surface area (Å²) in [5.74, 6) is 1.02. The minimum atomic E-state index is -1.34. The van der Waals surface area contributed by atoms with Crippen molar-refractivity contribution in [3.05, 3.63) is 78.9 Å². The lowest BCUT2D eigenvalue weighted by atomic mass is 10.0. The van der Waals surface area contributed by atoms with Crippen LogP contribution in [0.3, 0.4) is 0 Å². The van der Waals surface area contributed by atoms with Gasteiger partial charge in [0.2, 0.25) is 0 Å². The van der Waals surface area contributed by atoms with Gasteiger partial charge in [0.15, 0.2) is 0 Å². The van der Waals surface area contributed by atoms with Crippen LogP contribution in [0.1, 0.15) is 0 Å². The maximum absolute atomic E-state index is 10.7. The Morgan fingerprint density at radius 2 is 1.58 bits per heavy atom. The van der Waals surface area contributed by atoms with Gasteiger partial charge < -0.3 is 30.3 Å². The molecule has 0 heterocycles. The van der Waals surface area contributed by atoms with E-state index in [9.17, 15) is 9.90 Å². The van der Waals surface area contributed by atoms with Crippen LogP contribution in [0.2, 0.25) is 0 Å². The molecule has 31 heavy (non-hydrogen) atoms. The second-order valence-electron chi connectivity index (χ2n) is 6.89. The van der Waals surface area contributed by atoms with Gasteiger partial charge in [-0.25, -0.2) is 4.79 Å². The maximum Gasteiger partial charge on any atom is 0.511 e. The summed E-state index contributed by atoms with van der Waals surface area (Å²) >= 11 is 0. The van der Waals surface area contributed by atoms with Crippen LogP contribution in [0, 0.1) is 0 Å². The molecule has 0 aromatic heterocycles. The molecule has 1 atom stereocenters. The molecule has 7 nitrogen and oxygen atoms in total. The zero-order chi connectivity index (χ0) is 21.9. The Bertz CT molecular complexity index is 965. The van der Waals surface area contributed by atoms with Gasteiger partial charge in [-0.05, 0) is 47.5 Å². The van der Waals surface area contributed by atoms with E-state index >= 15 is 0 Å². The summed E-state index contributed by atoms with van der Waals surface area (Å²) < 4.78 is 10.3. The smallest absolute Gasteiger partial charge is 0.491 e. The topological polar surface area (TPSA) is 100 Å². The molecule has 3 rings (SSSR count). The zero-order valence-electron chi connectivity index (χ0n) is 17.0. The number of benzene rings is 3. The SMILES string of the molecule is O=C(O)Oc1cccc(-c2cccc(NCCNC[C@@H](O)COc3ccccc3)c2)c1. The fourth-order valence-electron chi connectivity index (χ4n) is 2.98.